The maximum Gasteiger partial charge on any atom is 0.228 e. The second-order valence-electron chi connectivity index (χ2n) is 3.37. The predicted molar refractivity (Wildman–Crippen MR) is 67.1 cm³/mol. The summed E-state index contributed by atoms with van der Waals surface area (Å²) in [7, 11) is 3.38. The molecule has 0 atom stereocenters. The Morgan fingerprint density at radius 2 is 2.44 bits per heavy atom. The Morgan fingerprint density at radius 3 is 3.06 bits per heavy atom. The van der Waals surface area contributed by atoms with Gasteiger partial charge < -0.3 is 15.3 Å². The van der Waals surface area contributed by atoms with Crippen LogP contribution in [0.15, 0.2) is 17.3 Å². The number of hydrogen-bond acceptors (Lipinski definition) is 6. The fraction of sp³-hybridized carbons (Fsp3) is 0.400. The second-order valence-corrected chi connectivity index (χ2v) is 3.37. The minimum absolute atomic E-state index is 0.0678. The van der Waals surface area contributed by atoms with E-state index in [1.807, 2.05) is 0 Å². The summed E-state index contributed by atoms with van der Waals surface area (Å²) in [5.41, 5.74) is 0. The Bertz CT molecular complexity index is 454. The number of nitrogens with zero attached hydrogens (tertiary/aromatic N) is 5. The lowest BCUT2D eigenvalue weighted by Gasteiger charge is -2.17. The van der Waals surface area contributed by atoms with Crippen molar-refractivity contribution < 1.29 is 5.11 Å². The van der Waals surface area contributed by atoms with Gasteiger partial charge in [-0.3, -0.25) is 10.3 Å². The van der Waals surface area contributed by atoms with E-state index in [0.717, 1.165) is 0 Å². The smallest absolute Gasteiger partial charge is 0.228 e. The molecular weight excluding hydrogens is 234 g/mol. The van der Waals surface area contributed by atoms with Crippen LogP contribution >= 0.6 is 0 Å². The van der Waals surface area contributed by atoms with Crippen LogP contribution in [0.2, 0.25) is 0 Å². The number of rotatable bonds is 4. The third-order valence-corrected chi connectivity index (χ3v) is 2.11. The maximum absolute atomic E-state index is 9.23. The normalized spacial score (nSPS) is 10.6. The SMILES string of the molecule is CN=C(NC#N)NCCN(C)c1nccc(O)n1. The van der Waals surface area contributed by atoms with Crippen LogP contribution in [-0.2, 0) is 0 Å². The Hall–Kier alpha value is -2.56. The first-order valence-electron chi connectivity index (χ1n) is 5.26. The van der Waals surface area contributed by atoms with Gasteiger partial charge in [-0.05, 0) is 0 Å². The summed E-state index contributed by atoms with van der Waals surface area (Å²) in [5.74, 6) is 0.768. The topological polar surface area (TPSA) is 109 Å². The zero-order valence-electron chi connectivity index (χ0n) is 10.3. The third kappa shape index (κ3) is 4.13. The predicted octanol–water partition coefficient (Wildman–Crippen LogP) is -0.736. The number of guanidine groups is 1. The summed E-state index contributed by atoms with van der Waals surface area (Å²) in [5, 5.41) is 23.0. The number of hydrogen-bond donors (Lipinski definition) is 3. The maximum atomic E-state index is 9.23. The molecule has 1 aromatic rings. The fourth-order valence-corrected chi connectivity index (χ4v) is 1.20. The molecule has 0 fully saturated rings. The number of aromatic nitrogens is 2. The molecule has 0 saturated carbocycles. The minimum atomic E-state index is -0.0678. The van der Waals surface area contributed by atoms with E-state index in [1.165, 1.54) is 12.3 Å². The highest BCUT2D eigenvalue weighted by Crippen LogP contribution is 2.08. The minimum Gasteiger partial charge on any atom is -0.493 e. The summed E-state index contributed by atoms with van der Waals surface area (Å²) in [4.78, 5) is 13.5. The molecule has 0 saturated heterocycles. The van der Waals surface area contributed by atoms with Crippen LogP contribution in [0, 0.1) is 11.5 Å². The first kappa shape index (κ1) is 13.5. The Balaban J connectivity index is 2.42. The number of nitrogens with one attached hydrogen (secondary N) is 2. The molecule has 0 unspecified atom stereocenters. The number of aliphatic imine (C=N–C) groups is 1. The molecule has 0 aliphatic carbocycles. The zero-order chi connectivity index (χ0) is 13.4. The molecule has 0 bridgehead atoms. The molecular formula is C10H15N7O. The van der Waals surface area contributed by atoms with Crippen LogP contribution in [0.4, 0.5) is 5.95 Å². The molecule has 8 nitrogen and oxygen atoms in total. The van der Waals surface area contributed by atoms with Crippen LogP contribution < -0.4 is 15.5 Å². The van der Waals surface area contributed by atoms with Gasteiger partial charge in [-0.1, -0.05) is 0 Å². The lowest BCUT2D eigenvalue weighted by atomic mass is 10.5. The van der Waals surface area contributed by atoms with E-state index in [2.05, 4.69) is 25.6 Å². The van der Waals surface area contributed by atoms with Gasteiger partial charge in [-0.15, -0.1) is 0 Å². The summed E-state index contributed by atoms with van der Waals surface area (Å²) in [6.07, 6.45) is 3.27. The van der Waals surface area contributed by atoms with E-state index in [4.69, 9.17) is 5.26 Å². The molecule has 1 rings (SSSR count). The van der Waals surface area contributed by atoms with Crippen molar-refractivity contribution in [3.8, 4) is 12.1 Å². The van der Waals surface area contributed by atoms with Gasteiger partial charge in [0.25, 0.3) is 0 Å². The van der Waals surface area contributed by atoms with Gasteiger partial charge in [0.1, 0.15) is 0 Å². The largest absolute Gasteiger partial charge is 0.493 e. The second kappa shape index (κ2) is 6.90. The van der Waals surface area contributed by atoms with Gasteiger partial charge in [0.05, 0.1) is 0 Å². The van der Waals surface area contributed by atoms with E-state index in [-0.39, 0.29) is 5.88 Å². The van der Waals surface area contributed by atoms with Gasteiger partial charge >= 0.3 is 0 Å². The van der Waals surface area contributed by atoms with Crippen LogP contribution in [0.3, 0.4) is 0 Å². The molecule has 0 radical (unpaired) electrons. The Morgan fingerprint density at radius 1 is 1.67 bits per heavy atom. The summed E-state index contributed by atoms with van der Waals surface area (Å²) < 4.78 is 0. The number of nitriles is 1. The summed E-state index contributed by atoms with van der Waals surface area (Å²) >= 11 is 0. The Kier molecular flexibility index (Phi) is 5.18. The van der Waals surface area contributed by atoms with Gasteiger partial charge in [0.15, 0.2) is 6.19 Å². The molecule has 0 spiro atoms. The quantitative estimate of drug-likeness (QED) is 0.279. The summed E-state index contributed by atoms with van der Waals surface area (Å²) in [6, 6.07) is 1.41. The monoisotopic (exact) mass is 249 g/mol. The van der Waals surface area contributed by atoms with Gasteiger partial charge in [-0.25, -0.2) is 4.98 Å². The van der Waals surface area contributed by atoms with E-state index in [9.17, 15) is 5.11 Å². The van der Waals surface area contributed by atoms with Gasteiger partial charge in [-0.2, -0.15) is 10.2 Å². The molecule has 1 aromatic heterocycles. The molecule has 3 N–H and O–H groups in total. The third-order valence-electron chi connectivity index (χ3n) is 2.11. The molecule has 18 heavy (non-hydrogen) atoms. The van der Waals surface area contributed by atoms with Crippen molar-refractivity contribution in [2.45, 2.75) is 0 Å². The van der Waals surface area contributed by atoms with Crippen LogP contribution in [0.1, 0.15) is 0 Å². The van der Waals surface area contributed by atoms with Crippen LogP contribution in [0.5, 0.6) is 5.88 Å². The number of likely N-dealkylation sites (N-methyl/N-ethyl adjacent to an activating group) is 1. The fourth-order valence-electron chi connectivity index (χ4n) is 1.20. The van der Waals surface area contributed by atoms with E-state index >= 15 is 0 Å². The first-order chi connectivity index (χ1) is 8.67. The van der Waals surface area contributed by atoms with Crippen molar-refractivity contribution in [3.05, 3.63) is 12.3 Å². The van der Waals surface area contributed by atoms with Gasteiger partial charge in [0, 0.05) is 39.4 Å². The lowest BCUT2D eigenvalue weighted by Crippen LogP contribution is -2.39. The molecule has 0 amide bonds. The van der Waals surface area contributed by atoms with Crippen molar-refractivity contribution >= 4 is 11.9 Å². The van der Waals surface area contributed by atoms with E-state index in [0.29, 0.717) is 25.0 Å². The first-order valence-corrected chi connectivity index (χ1v) is 5.26. The number of anilines is 1. The summed E-state index contributed by atoms with van der Waals surface area (Å²) in [6.45, 7) is 1.15. The van der Waals surface area contributed by atoms with Crippen LogP contribution in [0.25, 0.3) is 0 Å². The van der Waals surface area contributed by atoms with Gasteiger partial charge in [0.2, 0.25) is 17.8 Å². The highest BCUT2D eigenvalue weighted by molar-refractivity contribution is 5.80. The van der Waals surface area contributed by atoms with Crippen molar-refractivity contribution in [2.75, 3.05) is 32.1 Å². The molecule has 0 aromatic carbocycles. The van der Waals surface area contributed by atoms with Crippen molar-refractivity contribution in [2.24, 2.45) is 4.99 Å². The molecule has 1 heterocycles. The lowest BCUT2D eigenvalue weighted by molar-refractivity contribution is 0.452. The highest BCUT2D eigenvalue weighted by atomic mass is 16.3. The van der Waals surface area contributed by atoms with E-state index < -0.39 is 0 Å². The average molecular weight is 249 g/mol. The van der Waals surface area contributed by atoms with Crippen molar-refractivity contribution in [1.29, 1.82) is 5.26 Å². The molecule has 8 heteroatoms. The molecule has 0 aliphatic rings. The highest BCUT2D eigenvalue weighted by Gasteiger charge is 2.04. The van der Waals surface area contributed by atoms with Crippen molar-refractivity contribution in [1.82, 2.24) is 20.6 Å². The van der Waals surface area contributed by atoms with Crippen molar-refractivity contribution in [3.63, 3.8) is 0 Å². The van der Waals surface area contributed by atoms with Crippen LogP contribution in [-0.4, -0.2) is 48.2 Å². The van der Waals surface area contributed by atoms with E-state index in [1.54, 1.807) is 25.2 Å². The number of aromatic hydroxyl groups is 1. The average Bonchev–Trinajstić information content (AvgIpc) is 2.37. The molecule has 0 aliphatic heterocycles. The standard InChI is InChI=1S/C10H15N7O/c1-12-9(15-7-11)13-5-6-17(2)10-14-4-3-8(18)16-10/h3-4H,5-6H2,1-2H3,(H2,12,13,15)(H,14,16,18). The Labute approximate surface area is 105 Å². The zero-order valence-corrected chi connectivity index (χ0v) is 10.3. The molecule has 96 valence electrons.